The lowest BCUT2D eigenvalue weighted by Gasteiger charge is -1.79. The minimum absolute atomic E-state index is 0.0833. The average molecular weight is 130 g/mol. The van der Waals surface area contributed by atoms with E-state index in [0.29, 0.717) is 0 Å². The monoisotopic (exact) mass is 130 g/mol. The molecule has 0 aliphatic heterocycles. The highest BCUT2D eigenvalue weighted by Gasteiger charge is 1.97. The largest absolute Gasteiger partial charge is 0.195 e. The fourth-order valence-electron chi connectivity index (χ4n) is 0.528. The number of rotatable bonds is 0. The van der Waals surface area contributed by atoms with Gasteiger partial charge in [0.15, 0.2) is 5.13 Å². The Hall–Kier alpha value is -0.370. The van der Waals surface area contributed by atoms with Crippen LogP contribution in [0.1, 0.15) is 10.4 Å². The van der Waals surface area contributed by atoms with E-state index in [1.54, 1.807) is 6.07 Å². The molecule has 0 aromatic carbocycles. The summed E-state index contributed by atoms with van der Waals surface area (Å²) in [7, 11) is 0. The molecule has 0 radical (unpaired) electrons. The van der Waals surface area contributed by atoms with Crippen LogP contribution < -0.4 is 0 Å². The second-order valence-corrected chi connectivity index (χ2v) is 3.00. The summed E-state index contributed by atoms with van der Waals surface area (Å²) in [5.41, 5.74) is 1.05. The van der Waals surface area contributed by atoms with Crippen molar-refractivity contribution in [2.75, 3.05) is 0 Å². The average Bonchev–Trinajstić information content (AvgIpc) is 1.85. The van der Waals surface area contributed by atoms with Gasteiger partial charge >= 0.3 is 0 Å². The van der Waals surface area contributed by atoms with E-state index in [9.17, 15) is 4.39 Å². The summed E-state index contributed by atoms with van der Waals surface area (Å²) in [4.78, 5) is 1.07. The Morgan fingerprint density at radius 1 is 1.50 bits per heavy atom. The highest BCUT2D eigenvalue weighted by atomic mass is 32.1. The zero-order valence-corrected chi connectivity index (χ0v) is 5.68. The van der Waals surface area contributed by atoms with Crippen LogP contribution in [0.15, 0.2) is 6.07 Å². The van der Waals surface area contributed by atoms with Crippen LogP contribution in [0.2, 0.25) is 0 Å². The molecule has 1 aromatic heterocycles. The first-order valence-corrected chi connectivity index (χ1v) is 3.24. The van der Waals surface area contributed by atoms with Gasteiger partial charge in [0.05, 0.1) is 0 Å². The molecule has 44 valence electrons. The van der Waals surface area contributed by atoms with Crippen molar-refractivity contribution >= 4 is 11.3 Å². The fraction of sp³-hybridized carbons (Fsp3) is 0.333. The quantitative estimate of drug-likeness (QED) is 0.506. The Morgan fingerprint density at radius 3 is 2.25 bits per heavy atom. The van der Waals surface area contributed by atoms with E-state index in [1.165, 1.54) is 11.3 Å². The summed E-state index contributed by atoms with van der Waals surface area (Å²) in [6, 6.07) is 1.56. The van der Waals surface area contributed by atoms with Crippen molar-refractivity contribution in [2.24, 2.45) is 0 Å². The molecule has 0 spiro atoms. The standard InChI is InChI=1S/C6H7FS/c1-4-3-6(7)8-5(4)2/h3H,1-2H3. The maximum Gasteiger partial charge on any atom is 0.176 e. The van der Waals surface area contributed by atoms with Crippen LogP contribution in [0.3, 0.4) is 0 Å². The number of hydrogen-bond acceptors (Lipinski definition) is 1. The predicted molar refractivity (Wildman–Crippen MR) is 33.8 cm³/mol. The number of aryl methyl sites for hydroxylation is 2. The van der Waals surface area contributed by atoms with E-state index in [2.05, 4.69) is 0 Å². The van der Waals surface area contributed by atoms with Gasteiger partial charge in [-0.1, -0.05) is 0 Å². The van der Waals surface area contributed by atoms with E-state index in [1.807, 2.05) is 13.8 Å². The minimum atomic E-state index is -0.0833. The summed E-state index contributed by atoms with van der Waals surface area (Å²) < 4.78 is 12.2. The first-order chi connectivity index (χ1) is 3.70. The van der Waals surface area contributed by atoms with Gasteiger partial charge in [-0.25, -0.2) is 0 Å². The first kappa shape index (κ1) is 5.76. The van der Waals surface area contributed by atoms with Gasteiger partial charge in [-0.3, -0.25) is 0 Å². The molecule has 1 rings (SSSR count). The Balaban J connectivity index is 3.14. The molecule has 0 saturated heterocycles. The van der Waals surface area contributed by atoms with E-state index < -0.39 is 0 Å². The predicted octanol–water partition coefficient (Wildman–Crippen LogP) is 2.50. The third-order valence-corrected chi connectivity index (χ3v) is 2.08. The normalized spacial score (nSPS) is 9.88. The van der Waals surface area contributed by atoms with Crippen LogP contribution in [0.25, 0.3) is 0 Å². The third kappa shape index (κ3) is 0.892. The van der Waals surface area contributed by atoms with Gasteiger partial charge in [-0.15, -0.1) is 11.3 Å². The Morgan fingerprint density at radius 2 is 2.12 bits per heavy atom. The maximum absolute atomic E-state index is 12.2. The van der Waals surface area contributed by atoms with Crippen LogP contribution in [0.4, 0.5) is 4.39 Å². The molecule has 1 aromatic rings. The van der Waals surface area contributed by atoms with Crippen LogP contribution in [-0.2, 0) is 0 Å². The molecule has 0 fully saturated rings. The van der Waals surface area contributed by atoms with E-state index >= 15 is 0 Å². The molecule has 0 nitrogen and oxygen atoms in total. The van der Waals surface area contributed by atoms with Crippen molar-refractivity contribution in [3.63, 3.8) is 0 Å². The van der Waals surface area contributed by atoms with Gasteiger partial charge in [0, 0.05) is 4.88 Å². The molecule has 0 aliphatic carbocycles. The summed E-state index contributed by atoms with van der Waals surface area (Å²) in [6.45, 7) is 3.83. The molecule has 0 aliphatic rings. The third-order valence-electron chi connectivity index (χ3n) is 1.14. The Kier molecular flexibility index (Phi) is 1.34. The summed E-state index contributed by atoms with van der Waals surface area (Å²) in [6.07, 6.45) is 0. The molecular formula is C6H7FS. The molecule has 2 heteroatoms. The smallest absolute Gasteiger partial charge is 0.176 e. The second-order valence-electron chi connectivity index (χ2n) is 1.79. The van der Waals surface area contributed by atoms with Gasteiger partial charge in [-0.2, -0.15) is 4.39 Å². The van der Waals surface area contributed by atoms with Gasteiger partial charge < -0.3 is 0 Å². The molecule has 1 heterocycles. The van der Waals surface area contributed by atoms with E-state index in [0.717, 1.165) is 10.4 Å². The molecule has 0 atom stereocenters. The minimum Gasteiger partial charge on any atom is -0.195 e. The number of thiophene rings is 1. The van der Waals surface area contributed by atoms with Crippen LogP contribution >= 0.6 is 11.3 Å². The van der Waals surface area contributed by atoms with Crippen molar-refractivity contribution in [2.45, 2.75) is 13.8 Å². The van der Waals surface area contributed by atoms with Crippen molar-refractivity contribution in [1.29, 1.82) is 0 Å². The number of halogens is 1. The van der Waals surface area contributed by atoms with Crippen molar-refractivity contribution in [3.05, 3.63) is 21.6 Å². The molecule has 0 amide bonds. The molecule has 0 N–H and O–H groups in total. The molecule has 8 heavy (non-hydrogen) atoms. The van der Waals surface area contributed by atoms with Gasteiger partial charge in [0.1, 0.15) is 0 Å². The second kappa shape index (κ2) is 1.86. The lowest BCUT2D eigenvalue weighted by Crippen LogP contribution is -1.62. The van der Waals surface area contributed by atoms with Crippen molar-refractivity contribution in [3.8, 4) is 0 Å². The number of hydrogen-bond donors (Lipinski definition) is 0. The molecule has 0 bridgehead atoms. The SMILES string of the molecule is Cc1cc(F)sc1C. The van der Waals surface area contributed by atoms with Gasteiger partial charge in [0.2, 0.25) is 0 Å². The fourth-order valence-corrected chi connectivity index (χ4v) is 1.28. The highest BCUT2D eigenvalue weighted by Crippen LogP contribution is 2.17. The first-order valence-electron chi connectivity index (χ1n) is 2.42. The molecular weight excluding hydrogens is 123 g/mol. The zero-order valence-electron chi connectivity index (χ0n) is 4.86. The lowest BCUT2D eigenvalue weighted by molar-refractivity contribution is 0.656. The van der Waals surface area contributed by atoms with Crippen molar-refractivity contribution < 1.29 is 4.39 Å². The van der Waals surface area contributed by atoms with Crippen LogP contribution in [0.5, 0.6) is 0 Å². The van der Waals surface area contributed by atoms with E-state index in [4.69, 9.17) is 0 Å². The van der Waals surface area contributed by atoms with Crippen molar-refractivity contribution in [1.82, 2.24) is 0 Å². The highest BCUT2D eigenvalue weighted by molar-refractivity contribution is 7.10. The van der Waals surface area contributed by atoms with E-state index in [-0.39, 0.29) is 5.13 Å². The van der Waals surface area contributed by atoms with Crippen LogP contribution in [-0.4, -0.2) is 0 Å². The summed E-state index contributed by atoms with van der Waals surface area (Å²) in [5.74, 6) is 0. The van der Waals surface area contributed by atoms with Gasteiger partial charge in [-0.05, 0) is 25.5 Å². The van der Waals surface area contributed by atoms with Crippen LogP contribution in [0, 0.1) is 19.0 Å². The van der Waals surface area contributed by atoms with Gasteiger partial charge in [0.25, 0.3) is 0 Å². The topological polar surface area (TPSA) is 0 Å². The lowest BCUT2D eigenvalue weighted by atomic mass is 10.3. The maximum atomic E-state index is 12.2. The molecule has 0 saturated carbocycles. The Bertz CT molecular complexity index is 171. The summed E-state index contributed by atoms with van der Waals surface area (Å²) >= 11 is 1.20. The Labute approximate surface area is 52.0 Å². The zero-order chi connectivity index (χ0) is 6.15. The molecule has 0 unspecified atom stereocenters. The summed E-state index contributed by atoms with van der Waals surface area (Å²) in [5, 5.41) is -0.0833.